The van der Waals surface area contributed by atoms with Crippen LogP contribution >= 0.6 is 0 Å². The van der Waals surface area contributed by atoms with Crippen LogP contribution in [0.3, 0.4) is 0 Å². The second kappa shape index (κ2) is 4.79. The molecular weight excluding hydrogens is 180 g/mol. The Morgan fingerprint density at radius 1 is 1.07 bits per heavy atom. The van der Waals surface area contributed by atoms with Gasteiger partial charge in [0.2, 0.25) is 0 Å². The van der Waals surface area contributed by atoms with E-state index in [0.29, 0.717) is 0 Å². The number of hydrogen-bond donors (Lipinski definition) is 0. The lowest BCUT2D eigenvalue weighted by atomic mass is 10.0. The molecule has 2 aromatic carbocycles. The Morgan fingerprint density at radius 3 is 2.67 bits per heavy atom. The van der Waals surface area contributed by atoms with Crippen molar-refractivity contribution in [2.75, 3.05) is 0 Å². The molecule has 0 nitrogen and oxygen atoms in total. The van der Waals surface area contributed by atoms with Gasteiger partial charge in [-0.1, -0.05) is 55.8 Å². The van der Waals surface area contributed by atoms with E-state index in [0.717, 1.165) is 6.42 Å². The van der Waals surface area contributed by atoms with Crippen molar-refractivity contribution in [1.29, 1.82) is 0 Å². The van der Waals surface area contributed by atoms with Gasteiger partial charge in [0.05, 0.1) is 0 Å². The van der Waals surface area contributed by atoms with Crippen molar-refractivity contribution in [2.24, 2.45) is 0 Å². The highest BCUT2D eigenvalue weighted by Crippen LogP contribution is 2.20. The highest BCUT2D eigenvalue weighted by molar-refractivity contribution is 5.63. The zero-order valence-electron chi connectivity index (χ0n) is 9.03. The maximum absolute atomic E-state index is 3.11. The van der Waals surface area contributed by atoms with E-state index in [1.165, 1.54) is 23.1 Å². The fraction of sp³-hybridized carbons (Fsp3) is 0.200. The van der Waals surface area contributed by atoms with Crippen molar-refractivity contribution < 1.29 is 0 Å². The standard InChI is InChI=1S/C15H15/c1-2-7-13-8-6-11-15(12-13)14-9-4-3-5-10-14/h3-4,6,8-12H,2,7H2,1H3. The monoisotopic (exact) mass is 195 g/mol. The van der Waals surface area contributed by atoms with Gasteiger partial charge in [0, 0.05) is 0 Å². The molecule has 0 saturated carbocycles. The quantitative estimate of drug-likeness (QED) is 0.691. The summed E-state index contributed by atoms with van der Waals surface area (Å²) >= 11 is 0. The molecule has 0 N–H and O–H groups in total. The molecule has 2 rings (SSSR count). The van der Waals surface area contributed by atoms with Gasteiger partial charge >= 0.3 is 0 Å². The fourth-order valence-electron chi connectivity index (χ4n) is 1.77. The zero-order valence-corrected chi connectivity index (χ0v) is 9.03. The van der Waals surface area contributed by atoms with Crippen LogP contribution in [0.4, 0.5) is 0 Å². The van der Waals surface area contributed by atoms with Crippen molar-refractivity contribution in [3.63, 3.8) is 0 Å². The van der Waals surface area contributed by atoms with Gasteiger partial charge in [0.15, 0.2) is 0 Å². The van der Waals surface area contributed by atoms with Crippen molar-refractivity contribution >= 4 is 0 Å². The highest BCUT2D eigenvalue weighted by Gasteiger charge is 1.97. The summed E-state index contributed by atoms with van der Waals surface area (Å²) in [6, 6.07) is 20.0. The second-order valence-corrected chi connectivity index (χ2v) is 3.74. The molecule has 0 atom stereocenters. The van der Waals surface area contributed by atoms with Crippen molar-refractivity contribution in [2.45, 2.75) is 19.8 Å². The summed E-state index contributed by atoms with van der Waals surface area (Å²) in [6.07, 6.45) is 2.36. The van der Waals surface area contributed by atoms with Crippen LogP contribution in [0.25, 0.3) is 11.1 Å². The van der Waals surface area contributed by atoms with E-state index in [-0.39, 0.29) is 0 Å². The summed E-state index contributed by atoms with van der Waals surface area (Å²) in [6.45, 7) is 2.21. The predicted molar refractivity (Wildman–Crippen MR) is 64.7 cm³/mol. The van der Waals surface area contributed by atoms with Crippen LogP contribution in [-0.2, 0) is 6.42 Å². The first-order chi connectivity index (χ1) is 7.40. The Kier molecular flexibility index (Phi) is 3.18. The summed E-state index contributed by atoms with van der Waals surface area (Å²) in [7, 11) is 0. The molecule has 0 bridgehead atoms. The van der Waals surface area contributed by atoms with Crippen LogP contribution in [0, 0.1) is 6.07 Å². The molecule has 0 amide bonds. The molecule has 75 valence electrons. The van der Waals surface area contributed by atoms with Crippen molar-refractivity contribution in [1.82, 2.24) is 0 Å². The van der Waals surface area contributed by atoms with E-state index in [2.05, 4.69) is 43.3 Å². The van der Waals surface area contributed by atoms with Crippen molar-refractivity contribution in [3.05, 3.63) is 60.2 Å². The third-order valence-corrected chi connectivity index (χ3v) is 2.51. The van der Waals surface area contributed by atoms with E-state index >= 15 is 0 Å². The minimum atomic E-state index is 1.16. The minimum absolute atomic E-state index is 1.16. The van der Waals surface area contributed by atoms with Crippen LogP contribution in [0.15, 0.2) is 48.5 Å². The van der Waals surface area contributed by atoms with E-state index in [4.69, 9.17) is 0 Å². The van der Waals surface area contributed by atoms with Crippen LogP contribution in [-0.4, -0.2) is 0 Å². The van der Waals surface area contributed by atoms with Crippen molar-refractivity contribution in [3.8, 4) is 11.1 Å². The van der Waals surface area contributed by atoms with Gasteiger partial charge in [0.1, 0.15) is 0 Å². The van der Waals surface area contributed by atoms with E-state index in [1.54, 1.807) is 0 Å². The summed E-state index contributed by atoms with van der Waals surface area (Å²) in [5.74, 6) is 0. The molecule has 0 saturated heterocycles. The van der Waals surface area contributed by atoms with Gasteiger partial charge in [-0.15, -0.1) is 0 Å². The Bertz CT molecular complexity index is 415. The van der Waals surface area contributed by atoms with Gasteiger partial charge in [-0.3, -0.25) is 0 Å². The third kappa shape index (κ3) is 2.47. The van der Waals surface area contributed by atoms with Gasteiger partial charge in [0.25, 0.3) is 0 Å². The highest BCUT2D eigenvalue weighted by atomic mass is 14.0. The zero-order chi connectivity index (χ0) is 10.5. The van der Waals surface area contributed by atoms with E-state index in [1.807, 2.05) is 18.2 Å². The SMILES string of the molecule is CCCc1cccc(-c2c[c]ccc2)c1. The molecule has 0 aliphatic heterocycles. The summed E-state index contributed by atoms with van der Waals surface area (Å²) in [4.78, 5) is 0. The maximum Gasteiger partial charge on any atom is -0.0178 e. The molecule has 0 aromatic heterocycles. The molecule has 0 aliphatic rings. The van der Waals surface area contributed by atoms with Gasteiger partial charge in [-0.25, -0.2) is 0 Å². The van der Waals surface area contributed by atoms with E-state index < -0.39 is 0 Å². The van der Waals surface area contributed by atoms with Gasteiger partial charge < -0.3 is 0 Å². The molecule has 15 heavy (non-hydrogen) atoms. The smallest absolute Gasteiger partial charge is 0.0178 e. The minimum Gasteiger partial charge on any atom is -0.0651 e. The topological polar surface area (TPSA) is 0 Å². The van der Waals surface area contributed by atoms with Crippen LogP contribution in [0.2, 0.25) is 0 Å². The molecule has 0 unspecified atom stereocenters. The fourth-order valence-corrected chi connectivity index (χ4v) is 1.77. The number of aryl methyl sites for hydroxylation is 1. The maximum atomic E-state index is 3.11. The number of rotatable bonds is 3. The summed E-state index contributed by atoms with van der Waals surface area (Å²) < 4.78 is 0. The number of hydrogen-bond acceptors (Lipinski definition) is 0. The molecule has 0 spiro atoms. The molecular formula is C15H15. The lowest BCUT2D eigenvalue weighted by Crippen LogP contribution is -1.84. The average molecular weight is 195 g/mol. The second-order valence-electron chi connectivity index (χ2n) is 3.74. The molecule has 2 aromatic rings. The Labute approximate surface area is 91.6 Å². The third-order valence-electron chi connectivity index (χ3n) is 2.51. The predicted octanol–water partition coefficient (Wildman–Crippen LogP) is 4.11. The normalized spacial score (nSPS) is 10.2. The van der Waals surface area contributed by atoms with E-state index in [9.17, 15) is 0 Å². The van der Waals surface area contributed by atoms with Crippen LogP contribution < -0.4 is 0 Å². The first kappa shape index (κ1) is 9.97. The largest absolute Gasteiger partial charge is 0.0651 e. The molecule has 0 aliphatic carbocycles. The van der Waals surface area contributed by atoms with Gasteiger partial charge in [-0.05, 0) is 35.2 Å². The number of benzene rings is 2. The Hall–Kier alpha value is -1.56. The molecule has 0 fully saturated rings. The first-order valence-electron chi connectivity index (χ1n) is 5.45. The lowest BCUT2D eigenvalue weighted by molar-refractivity contribution is 0.922. The van der Waals surface area contributed by atoms with Crippen LogP contribution in [0.5, 0.6) is 0 Å². The van der Waals surface area contributed by atoms with Crippen LogP contribution in [0.1, 0.15) is 18.9 Å². The first-order valence-corrected chi connectivity index (χ1v) is 5.45. The Morgan fingerprint density at radius 2 is 1.93 bits per heavy atom. The molecule has 1 radical (unpaired) electrons. The average Bonchev–Trinajstić information content (AvgIpc) is 2.31. The Balaban J connectivity index is 2.33. The summed E-state index contributed by atoms with van der Waals surface area (Å²) in [5.41, 5.74) is 3.95. The lowest BCUT2D eigenvalue weighted by Gasteiger charge is -2.04. The molecule has 0 heterocycles. The summed E-state index contributed by atoms with van der Waals surface area (Å²) in [5, 5.41) is 0. The van der Waals surface area contributed by atoms with Gasteiger partial charge in [-0.2, -0.15) is 0 Å². The molecule has 0 heteroatoms.